The minimum absolute atomic E-state index is 0.0842. The number of benzene rings is 1. The minimum atomic E-state index is -0.0842. The van der Waals surface area contributed by atoms with Gasteiger partial charge in [0.15, 0.2) is 23.1 Å². The number of aryl methyl sites for hydroxylation is 1. The predicted octanol–water partition coefficient (Wildman–Crippen LogP) is 2.69. The summed E-state index contributed by atoms with van der Waals surface area (Å²) in [6, 6.07) is 13.5. The van der Waals surface area contributed by atoms with Gasteiger partial charge >= 0.3 is 0 Å². The van der Waals surface area contributed by atoms with Gasteiger partial charge in [0.2, 0.25) is 0 Å². The second kappa shape index (κ2) is 11.0. The van der Waals surface area contributed by atoms with E-state index < -0.39 is 0 Å². The number of methoxy groups -OCH3 is 1. The Hall–Kier alpha value is -3.29. The van der Waals surface area contributed by atoms with Crippen LogP contribution in [0.15, 0.2) is 53.7 Å². The number of hydrogen-bond donors (Lipinski definition) is 2. The molecule has 30 heavy (non-hydrogen) atoms. The lowest BCUT2D eigenvalue weighted by Gasteiger charge is -2.16. The Morgan fingerprint density at radius 1 is 1.10 bits per heavy atom. The maximum Gasteiger partial charge on any atom is 0.191 e. The highest BCUT2D eigenvalue weighted by Gasteiger charge is 2.09. The van der Waals surface area contributed by atoms with Crippen LogP contribution in [-0.4, -0.2) is 53.4 Å². The van der Waals surface area contributed by atoms with Gasteiger partial charge < -0.3 is 20.1 Å². The molecule has 0 spiro atoms. The zero-order valence-electron chi connectivity index (χ0n) is 17.8. The van der Waals surface area contributed by atoms with Crippen LogP contribution in [0.2, 0.25) is 0 Å². The van der Waals surface area contributed by atoms with Crippen LogP contribution in [-0.2, 0) is 6.42 Å². The van der Waals surface area contributed by atoms with Crippen molar-refractivity contribution in [2.75, 3.05) is 26.7 Å². The molecule has 8 heteroatoms. The molecular weight excluding hydrogens is 380 g/mol. The number of aromatic nitrogens is 3. The van der Waals surface area contributed by atoms with E-state index in [1.807, 2.05) is 66.9 Å². The van der Waals surface area contributed by atoms with E-state index in [1.54, 1.807) is 7.11 Å². The van der Waals surface area contributed by atoms with Crippen LogP contribution < -0.4 is 20.1 Å². The molecular formula is C22H30N6O2. The van der Waals surface area contributed by atoms with Gasteiger partial charge in [-0.1, -0.05) is 18.2 Å². The molecule has 1 unspecified atom stereocenters. The lowest BCUT2D eigenvalue weighted by Crippen LogP contribution is -2.38. The highest BCUT2D eigenvalue weighted by molar-refractivity contribution is 5.79. The molecule has 0 aliphatic carbocycles. The number of guanidine groups is 1. The number of hydrogen-bond acceptors (Lipinski definition) is 5. The Bertz CT molecular complexity index is 955. The second-order valence-corrected chi connectivity index (χ2v) is 6.87. The first kappa shape index (κ1) is 21.4. The highest BCUT2D eigenvalue weighted by atomic mass is 16.5. The van der Waals surface area contributed by atoms with E-state index in [-0.39, 0.29) is 6.10 Å². The molecule has 3 aromatic rings. The van der Waals surface area contributed by atoms with Crippen molar-refractivity contribution < 1.29 is 9.47 Å². The van der Waals surface area contributed by atoms with Crippen LogP contribution in [0.3, 0.4) is 0 Å². The smallest absolute Gasteiger partial charge is 0.191 e. The Labute approximate surface area is 177 Å². The van der Waals surface area contributed by atoms with Gasteiger partial charge in [0.1, 0.15) is 11.9 Å². The Morgan fingerprint density at radius 3 is 2.70 bits per heavy atom. The second-order valence-electron chi connectivity index (χ2n) is 6.87. The molecule has 2 heterocycles. The van der Waals surface area contributed by atoms with Gasteiger partial charge in [-0.25, -0.2) is 4.99 Å². The number of nitrogens with zero attached hydrogens (tertiary/aromatic N) is 4. The number of ether oxygens (including phenoxy) is 2. The molecule has 0 saturated carbocycles. The third-order valence-corrected chi connectivity index (χ3v) is 4.50. The standard InChI is InChI=1S/C22H30N6O2/c1-4-23-22(25-16-17(2)30-19-11-6-5-10-18(19)29-3)24-14-9-13-21-27-26-20-12-7-8-15-28(20)21/h5-8,10-12,15,17H,4,9,13-14,16H2,1-3H3,(H2,23,24,25). The van der Waals surface area contributed by atoms with Gasteiger partial charge in [-0.2, -0.15) is 0 Å². The molecule has 0 amide bonds. The van der Waals surface area contributed by atoms with E-state index >= 15 is 0 Å². The molecule has 0 bridgehead atoms. The van der Waals surface area contributed by atoms with Crippen molar-refractivity contribution >= 4 is 11.6 Å². The van der Waals surface area contributed by atoms with Crippen molar-refractivity contribution in [1.82, 2.24) is 25.2 Å². The number of aliphatic imine (C=N–C) groups is 1. The van der Waals surface area contributed by atoms with Crippen LogP contribution in [0.4, 0.5) is 0 Å². The first-order valence-electron chi connectivity index (χ1n) is 10.3. The largest absolute Gasteiger partial charge is 0.493 e. The first-order chi connectivity index (χ1) is 14.7. The van der Waals surface area contributed by atoms with E-state index in [4.69, 9.17) is 9.47 Å². The summed E-state index contributed by atoms with van der Waals surface area (Å²) in [7, 11) is 1.64. The Morgan fingerprint density at radius 2 is 1.90 bits per heavy atom. The molecule has 1 atom stereocenters. The molecule has 0 aliphatic heterocycles. The van der Waals surface area contributed by atoms with Gasteiger partial charge in [0.25, 0.3) is 0 Å². The van der Waals surface area contributed by atoms with E-state index in [0.29, 0.717) is 6.54 Å². The fraction of sp³-hybridized carbons (Fsp3) is 0.409. The molecule has 0 aliphatic rings. The van der Waals surface area contributed by atoms with Gasteiger partial charge in [-0.3, -0.25) is 4.40 Å². The Kier molecular flexibility index (Phi) is 7.88. The molecule has 160 valence electrons. The third-order valence-electron chi connectivity index (χ3n) is 4.50. The van der Waals surface area contributed by atoms with Gasteiger partial charge in [-0.05, 0) is 44.5 Å². The van der Waals surface area contributed by atoms with Crippen molar-refractivity contribution in [3.63, 3.8) is 0 Å². The van der Waals surface area contributed by atoms with Crippen LogP contribution in [0.1, 0.15) is 26.1 Å². The number of rotatable bonds is 10. The van der Waals surface area contributed by atoms with Gasteiger partial charge in [-0.15, -0.1) is 10.2 Å². The van der Waals surface area contributed by atoms with E-state index in [2.05, 4.69) is 25.8 Å². The van der Waals surface area contributed by atoms with Gasteiger partial charge in [0.05, 0.1) is 13.7 Å². The van der Waals surface area contributed by atoms with E-state index in [9.17, 15) is 0 Å². The molecule has 0 saturated heterocycles. The zero-order valence-corrected chi connectivity index (χ0v) is 17.8. The fourth-order valence-electron chi connectivity index (χ4n) is 3.05. The summed E-state index contributed by atoms with van der Waals surface area (Å²) in [4.78, 5) is 4.64. The average molecular weight is 411 g/mol. The van der Waals surface area contributed by atoms with Crippen molar-refractivity contribution in [3.05, 3.63) is 54.5 Å². The van der Waals surface area contributed by atoms with Crippen molar-refractivity contribution in [1.29, 1.82) is 0 Å². The van der Waals surface area contributed by atoms with E-state index in [1.165, 1.54) is 0 Å². The van der Waals surface area contributed by atoms with Crippen molar-refractivity contribution in [3.8, 4) is 11.5 Å². The first-order valence-corrected chi connectivity index (χ1v) is 10.3. The maximum atomic E-state index is 5.97. The molecule has 8 nitrogen and oxygen atoms in total. The number of fused-ring (bicyclic) bond motifs is 1. The summed E-state index contributed by atoms with van der Waals surface area (Å²) in [6.07, 6.45) is 3.67. The summed E-state index contributed by atoms with van der Waals surface area (Å²) in [6.45, 7) is 6.16. The molecule has 3 rings (SSSR count). The van der Waals surface area contributed by atoms with Crippen LogP contribution >= 0.6 is 0 Å². The van der Waals surface area contributed by atoms with Gasteiger partial charge in [0, 0.05) is 25.7 Å². The summed E-state index contributed by atoms with van der Waals surface area (Å²) in [5.74, 6) is 3.19. The summed E-state index contributed by atoms with van der Waals surface area (Å²) < 4.78 is 13.3. The lowest BCUT2D eigenvalue weighted by atomic mass is 10.3. The third kappa shape index (κ3) is 5.85. The van der Waals surface area contributed by atoms with Crippen LogP contribution in [0, 0.1) is 0 Å². The number of para-hydroxylation sites is 2. The average Bonchev–Trinajstić information content (AvgIpc) is 3.18. The van der Waals surface area contributed by atoms with Crippen LogP contribution in [0.25, 0.3) is 5.65 Å². The minimum Gasteiger partial charge on any atom is -0.493 e. The number of nitrogens with one attached hydrogen (secondary N) is 2. The fourth-order valence-corrected chi connectivity index (χ4v) is 3.05. The summed E-state index contributed by atoms with van der Waals surface area (Å²) in [5, 5.41) is 15.1. The SMILES string of the molecule is CCNC(=NCC(C)Oc1ccccc1OC)NCCCc1nnc2ccccn12. The Balaban J connectivity index is 1.48. The predicted molar refractivity (Wildman–Crippen MR) is 118 cm³/mol. The topological polar surface area (TPSA) is 85.1 Å². The quantitative estimate of drug-likeness (QED) is 0.304. The van der Waals surface area contributed by atoms with E-state index in [0.717, 1.165) is 54.9 Å². The lowest BCUT2D eigenvalue weighted by molar-refractivity contribution is 0.219. The van der Waals surface area contributed by atoms with Crippen molar-refractivity contribution in [2.45, 2.75) is 32.8 Å². The van der Waals surface area contributed by atoms with Crippen molar-refractivity contribution in [2.24, 2.45) is 4.99 Å². The summed E-state index contributed by atoms with van der Waals surface area (Å²) in [5.41, 5.74) is 0.874. The molecule has 0 fully saturated rings. The molecule has 2 aromatic heterocycles. The maximum absolute atomic E-state index is 5.97. The molecule has 1 aromatic carbocycles. The number of pyridine rings is 1. The van der Waals surface area contributed by atoms with Crippen LogP contribution in [0.5, 0.6) is 11.5 Å². The molecule has 0 radical (unpaired) electrons. The zero-order chi connectivity index (χ0) is 21.2. The summed E-state index contributed by atoms with van der Waals surface area (Å²) >= 11 is 0. The molecule has 2 N–H and O–H groups in total. The monoisotopic (exact) mass is 410 g/mol. The highest BCUT2D eigenvalue weighted by Crippen LogP contribution is 2.26. The normalized spacial score (nSPS) is 12.6.